The number of amides is 1. The summed E-state index contributed by atoms with van der Waals surface area (Å²) in [4.78, 5) is 16.4. The van der Waals surface area contributed by atoms with Crippen LogP contribution in [0.3, 0.4) is 0 Å². The summed E-state index contributed by atoms with van der Waals surface area (Å²) >= 11 is 0. The molecular weight excluding hydrogens is 578 g/mol. The quantitative estimate of drug-likeness (QED) is 0.330. The first-order chi connectivity index (χ1) is 18.4. The fraction of sp³-hybridized carbons (Fsp3) is 0.304. The first-order valence-corrected chi connectivity index (χ1v) is 13.0. The van der Waals surface area contributed by atoms with Crippen molar-refractivity contribution in [3.8, 4) is 11.8 Å². The number of alkyl halides is 6. The van der Waals surface area contributed by atoms with Gasteiger partial charge in [0.25, 0.3) is 17.7 Å². The Morgan fingerprint density at radius 1 is 1.07 bits per heavy atom. The summed E-state index contributed by atoms with van der Waals surface area (Å²) in [5, 5.41) is 8.35. The molecule has 1 saturated carbocycles. The highest BCUT2D eigenvalue weighted by atomic mass is 32.2. The fourth-order valence-corrected chi connectivity index (χ4v) is 4.58. The smallest absolute Gasteiger partial charge is 0.415 e. The van der Waals surface area contributed by atoms with Crippen LogP contribution in [0.2, 0.25) is 0 Å². The lowest BCUT2D eigenvalue weighted by Crippen LogP contribution is -2.30. The molecule has 1 fully saturated rings. The summed E-state index contributed by atoms with van der Waals surface area (Å²) in [6.45, 7) is 0.825. The monoisotopic (exact) mass is 595 g/mol. The van der Waals surface area contributed by atoms with Crippen molar-refractivity contribution in [3.05, 3.63) is 64.5 Å². The normalized spacial score (nSPS) is 16.2. The molecule has 2 N–H and O–H groups in total. The van der Waals surface area contributed by atoms with E-state index in [9.17, 15) is 44.1 Å². The number of pyridine rings is 1. The number of carbonyl (C=O) groups excluding carboxylic acids is 1. The molecule has 1 aromatic carbocycles. The molecule has 17 heteroatoms. The number of rotatable bonds is 6. The zero-order chi connectivity index (χ0) is 29.8. The Morgan fingerprint density at radius 2 is 1.73 bits per heavy atom. The molecule has 1 aliphatic carbocycles. The summed E-state index contributed by atoms with van der Waals surface area (Å²) in [6, 6.07) is 5.03. The Morgan fingerprint density at radius 3 is 2.27 bits per heavy atom. The zero-order valence-corrected chi connectivity index (χ0v) is 21.1. The van der Waals surface area contributed by atoms with Crippen LogP contribution in [-0.2, 0) is 21.3 Å². The van der Waals surface area contributed by atoms with Crippen LogP contribution in [0.25, 0.3) is 0 Å². The second kappa shape index (κ2) is 9.64. The zero-order valence-electron chi connectivity index (χ0n) is 20.3. The molecule has 0 aliphatic heterocycles. The molecule has 0 saturated heterocycles. The van der Waals surface area contributed by atoms with Crippen LogP contribution < -0.4 is 10.1 Å². The number of ether oxygens (including phenoxy) is 1. The van der Waals surface area contributed by atoms with Crippen LogP contribution >= 0.6 is 0 Å². The molecule has 0 radical (unpaired) electrons. The van der Waals surface area contributed by atoms with E-state index in [0.29, 0.717) is 6.20 Å². The summed E-state index contributed by atoms with van der Waals surface area (Å²) in [5.74, 6) is -7.58. The maximum absolute atomic E-state index is 14.8. The molecular formula is C23H17F8N5O3S. The number of hydrogen-bond acceptors (Lipinski definition) is 7. The lowest BCUT2D eigenvalue weighted by molar-refractivity contribution is -0.161. The van der Waals surface area contributed by atoms with E-state index < -0.39 is 92.0 Å². The predicted octanol–water partition coefficient (Wildman–Crippen LogP) is 6.15. The van der Waals surface area contributed by atoms with Crippen LogP contribution in [0.1, 0.15) is 40.0 Å². The highest BCUT2D eigenvalue weighted by Gasteiger charge is 2.65. The van der Waals surface area contributed by atoms with Crippen LogP contribution in [-0.4, -0.2) is 37.7 Å². The molecule has 1 aliphatic rings. The molecule has 2 aromatic heterocycles. The third-order valence-electron chi connectivity index (χ3n) is 6.15. The molecule has 2 heterocycles. The molecule has 0 bridgehead atoms. The van der Waals surface area contributed by atoms with E-state index in [1.165, 1.54) is 18.2 Å². The van der Waals surface area contributed by atoms with Crippen LogP contribution in [0.15, 0.2) is 35.4 Å². The maximum atomic E-state index is 14.8. The minimum absolute atomic E-state index is 0.0172. The van der Waals surface area contributed by atoms with Gasteiger partial charge >= 0.3 is 12.4 Å². The number of carbonyl (C=O) groups is 1. The molecule has 1 amide bonds. The number of aromatic nitrogens is 3. The fourth-order valence-electron chi connectivity index (χ4n) is 3.89. The second-order valence-electron chi connectivity index (χ2n) is 8.96. The van der Waals surface area contributed by atoms with E-state index in [4.69, 9.17) is 9.52 Å². The summed E-state index contributed by atoms with van der Waals surface area (Å²) in [6.07, 6.45) is -9.51. The van der Waals surface area contributed by atoms with Crippen molar-refractivity contribution in [2.24, 2.45) is 0 Å². The molecule has 214 valence electrons. The minimum atomic E-state index is -5.10. The molecule has 1 unspecified atom stereocenters. The van der Waals surface area contributed by atoms with Gasteiger partial charge in [0.15, 0.2) is 11.5 Å². The average Bonchev–Trinajstić information content (AvgIpc) is 3.63. The third-order valence-corrected chi connectivity index (χ3v) is 7.31. The summed E-state index contributed by atoms with van der Waals surface area (Å²) in [5.41, 5.74) is -7.18. The van der Waals surface area contributed by atoms with Crippen LogP contribution in [0, 0.1) is 23.3 Å². The second-order valence-corrected chi connectivity index (χ2v) is 11.1. The first kappa shape index (κ1) is 29.1. The van der Waals surface area contributed by atoms with E-state index in [1.54, 1.807) is 0 Å². The number of nitrogens with zero attached hydrogens (tertiary/aromatic N) is 3. The molecule has 3 aromatic rings. The Bertz CT molecular complexity index is 1620. The number of nitrogens with one attached hydrogen (secondary N) is 2. The van der Waals surface area contributed by atoms with Crippen molar-refractivity contribution in [3.63, 3.8) is 0 Å². The Labute approximate surface area is 220 Å². The minimum Gasteiger partial charge on any atom is -0.415 e. The van der Waals surface area contributed by atoms with Gasteiger partial charge in [-0.25, -0.2) is 18.4 Å². The standard InChI is InChI=1S/C23H17F8N5O3S/c1-10-14(18(37)34-11-4-3-5-12(8-11)40(2,32)38)19(36-35-17(10)22(26,27)28)39-20-16(25)15(24)13(9-33-20)21(6-7-21)23(29,30)31/h3-5,8-9,32H,6-7H2,1-2H3,(H,34,37). The van der Waals surface area contributed by atoms with Crippen molar-refractivity contribution in [2.75, 3.05) is 11.6 Å². The van der Waals surface area contributed by atoms with Gasteiger partial charge in [-0.15, -0.1) is 10.2 Å². The van der Waals surface area contributed by atoms with Crippen molar-refractivity contribution in [2.45, 2.75) is 42.4 Å². The van der Waals surface area contributed by atoms with Crippen LogP contribution in [0.4, 0.5) is 40.8 Å². The summed E-state index contributed by atoms with van der Waals surface area (Å²) in [7, 11) is -3.24. The number of anilines is 1. The van der Waals surface area contributed by atoms with Gasteiger partial charge in [0.1, 0.15) is 5.56 Å². The third kappa shape index (κ3) is 5.29. The van der Waals surface area contributed by atoms with Gasteiger partial charge in [-0.3, -0.25) is 4.79 Å². The van der Waals surface area contributed by atoms with Gasteiger partial charge in [0.2, 0.25) is 5.82 Å². The van der Waals surface area contributed by atoms with Gasteiger partial charge < -0.3 is 10.1 Å². The Balaban J connectivity index is 1.76. The van der Waals surface area contributed by atoms with Crippen molar-refractivity contribution in [1.29, 1.82) is 4.78 Å². The van der Waals surface area contributed by atoms with E-state index in [1.807, 2.05) is 0 Å². The van der Waals surface area contributed by atoms with Gasteiger partial charge in [-0.2, -0.15) is 30.7 Å². The average molecular weight is 595 g/mol. The molecule has 40 heavy (non-hydrogen) atoms. The van der Waals surface area contributed by atoms with E-state index in [2.05, 4.69) is 20.5 Å². The molecule has 4 rings (SSSR count). The first-order valence-electron chi connectivity index (χ1n) is 11.1. The van der Waals surface area contributed by atoms with E-state index in [-0.39, 0.29) is 10.6 Å². The predicted molar refractivity (Wildman–Crippen MR) is 122 cm³/mol. The topological polar surface area (TPSA) is 118 Å². The highest BCUT2D eigenvalue weighted by molar-refractivity contribution is 7.91. The van der Waals surface area contributed by atoms with Crippen LogP contribution in [0.5, 0.6) is 11.8 Å². The van der Waals surface area contributed by atoms with Crippen molar-refractivity contribution in [1.82, 2.24) is 15.2 Å². The molecule has 8 nitrogen and oxygen atoms in total. The van der Waals surface area contributed by atoms with Gasteiger partial charge in [0.05, 0.1) is 15.1 Å². The number of benzene rings is 1. The van der Waals surface area contributed by atoms with Crippen molar-refractivity contribution >= 4 is 21.3 Å². The highest BCUT2D eigenvalue weighted by Crippen LogP contribution is 2.59. The Kier molecular flexibility index (Phi) is 7.01. The lowest BCUT2D eigenvalue weighted by atomic mass is 9.96. The number of hydrogen-bond donors (Lipinski definition) is 2. The van der Waals surface area contributed by atoms with Gasteiger partial charge in [-0.05, 0) is 43.5 Å². The Hall–Kier alpha value is -3.89. The number of halogens is 8. The van der Waals surface area contributed by atoms with E-state index >= 15 is 0 Å². The van der Waals surface area contributed by atoms with Gasteiger partial charge in [0, 0.05) is 28.6 Å². The van der Waals surface area contributed by atoms with Crippen molar-refractivity contribution < 1.29 is 48.9 Å². The van der Waals surface area contributed by atoms with Gasteiger partial charge in [-0.1, -0.05) is 6.07 Å². The van der Waals surface area contributed by atoms with E-state index in [0.717, 1.165) is 19.2 Å². The maximum Gasteiger partial charge on any atom is 0.435 e. The summed E-state index contributed by atoms with van der Waals surface area (Å²) < 4.78 is 135. The molecule has 1 atom stereocenters. The lowest BCUT2D eigenvalue weighted by Gasteiger charge is -2.20. The SMILES string of the molecule is Cc1c(C(F)(F)F)nnc(Oc2ncc(C3(C(F)(F)F)CC3)c(F)c2F)c1C(=O)Nc1cccc(S(C)(=N)=O)c1. The molecule has 0 spiro atoms. The largest absolute Gasteiger partial charge is 0.435 e.